The summed E-state index contributed by atoms with van der Waals surface area (Å²) in [5.74, 6) is 1.44. The molecule has 3 rings (SSSR count). The third kappa shape index (κ3) is 4.95. The third-order valence-electron chi connectivity index (χ3n) is 4.59. The molecule has 26 heavy (non-hydrogen) atoms. The summed E-state index contributed by atoms with van der Waals surface area (Å²) >= 11 is 0. The Balaban J connectivity index is 1.39. The van der Waals surface area contributed by atoms with Crippen LogP contribution in [0.15, 0.2) is 52.0 Å². The van der Waals surface area contributed by atoms with E-state index in [2.05, 4.69) is 44.6 Å². The van der Waals surface area contributed by atoms with Crippen LogP contribution in [-0.4, -0.2) is 49.2 Å². The maximum atomic E-state index is 12.0. The van der Waals surface area contributed by atoms with E-state index in [1.807, 2.05) is 32.0 Å². The highest BCUT2D eigenvalue weighted by Gasteiger charge is 2.17. The van der Waals surface area contributed by atoms with Crippen LogP contribution in [0.4, 0.5) is 5.69 Å². The van der Waals surface area contributed by atoms with Gasteiger partial charge in [0, 0.05) is 44.8 Å². The summed E-state index contributed by atoms with van der Waals surface area (Å²) < 4.78 is 5.48. The van der Waals surface area contributed by atoms with E-state index in [0.717, 1.165) is 38.5 Å². The number of hydrogen-bond acceptors (Lipinski definition) is 5. The highest BCUT2D eigenvalue weighted by molar-refractivity contribution is 5.96. The van der Waals surface area contributed by atoms with Crippen molar-refractivity contribution in [1.29, 1.82) is 0 Å². The zero-order chi connectivity index (χ0) is 18.4. The fourth-order valence-corrected chi connectivity index (χ4v) is 3.01. The molecule has 1 amide bonds. The van der Waals surface area contributed by atoms with Gasteiger partial charge in [-0.3, -0.25) is 9.69 Å². The van der Waals surface area contributed by atoms with Gasteiger partial charge in [-0.25, -0.2) is 5.43 Å². The number of rotatable bonds is 6. The Morgan fingerprint density at radius 2 is 1.85 bits per heavy atom. The largest absolute Gasteiger partial charge is 0.460 e. The van der Waals surface area contributed by atoms with Gasteiger partial charge in [-0.15, -0.1) is 0 Å². The second kappa shape index (κ2) is 8.67. The lowest BCUT2D eigenvalue weighted by molar-refractivity contribution is -0.121. The molecular formula is C20H26N4O2. The van der Waals surface area contributed by atoms with Crippen LogP contribution >= 0.6 is 0 Å². The molecule has 6 heteroatoms. The van der Waals surface area contributed by atoms with Gasteiger partial charge in [0.1, 0.15) is 17.2 Å². The van der Waals surface area contributed by atoms with Gasteiger partial charge in [0.25, 0.3) is 0 Å². The van der Waals surface area contributed by atoms with Crippen molar-refractivity contribution in [1.82, 2.24) is 10.3 Å². The minimum Gasteiger partial charge on any atom is -0.460 e. The lowest BCUT2D eigenvalue weighted by Crippen LogP contribution is -2.47. The van der Waals surface area contributed by atoms with Gasteiger partial charge in [-0.05, 0) is 38.1 Å². The maximum Gasteiger partial charge on any atom is 0.241 e. The molecule has 1 aromatic carbocycles. The quantitative estimate of drug-likeness (QED) is 0.640. The van der Waals surface area contributed by atoms with E-state index >= 15 is 0 Å². The van der Waals surface area contributed by atoms with Crippen LogP contribution in [-0.2, 0) is 4.79 Å². The minimum absolute atomic E-state index is 0.0712. The Hall–Kier alpha value is -2.60. The monoisotopic (exact) mass is 354 g/mol. The van der Waals surface area contributed by atoms with Gasteiger partial charge in [0.15, 0.2) is 0 Å². The zero-order valence-corrected chi connectivity index (χ0v) is 15.4. The van der Waals surface area contributed by atoms with E-state index in [1.165, 1.54) is 5.69 Å². The Kier molecular flexibility index (Phi) is 6.07. The van der Waals surface area contributed by atoms with E-state index in [0.29, 0.717) is 17.9 Å². The zero-order valence-electron chi connectivity index (χ0n) is 15.4. The van der Waals surface area contributed by atoms with Crippen molar-refractivity contribution in [2.45, 2.75) is 20.3 Å². The Bertz CT molecular complexity index is 746. The van der Waals surface area contributed by atoms with Gasteiger partial charge in [0.2, 0.25) is 5.91 Å². The molecular weight excluding hydrogens is 328 g/mol. The predicted molar refractivity (Wildman–Crippen MR) is 104 cm³/mol. The van der Waals surface area contributed by atoms with Crippen molar-refractivity contribution in [3.05, 3.63) is 54.0 Å². The highest BCUT2D eigenvalue weighted by Crippen LogP contribution is 2.15. The van der Waals surface area contributed by atoms with Gasteiger partial charge in [-0.2, -0.15) is 5.10 Å². The summed E-state index contributed by atoms with van der Waals surface area (Å²) in [5.41, 5.74) is 4.55. The smallest absolute Gasteiger partial charge is 0.241 e. The highest BCUT2D eigenvalue weighted by atomic mass is 16.3. The lowest BCUT2D eigenvalue weighted by Gasteiger charge is -2.36. The number of carbonyl (C=O) groups excluding carboxylic acids is 1. The molecule has 0 unspecified atom stereocenters. The second-order valence-electron chi connectivity index (χ2n) is 6.56. The van der Waals surface area contributed by atoms with Crippen LogP contribution in [0.1, 0.15) is 24.9 Å². The van der Waals surface area contributed by atoms with E-state index < -0.39 is 0 Å². The number of benzene rings is 1. The number of anilines is 1. The first-order chi connectivity index (χ1) is 12.6. The Morgan fingerprint density at radius 3 is 2.50 bits per heavy atom. The van der Waals surface area contributed by atoms with E-state index in [-0.39, 0.29) is 5.91 Å². The van der Waals surface area contributed by atoms with Crippen LogP contribution < -0.4 is 10.3 Å². The molecule has 0 radical (unpaired) electrons. The third-order valence-corrected chi connectivity index (χ3v) is 4.59. The molecule has 2 aromatic rings. The number of carbonyl (C=O) groups is 1. The molecule has 2 heterocycles. The summed E-state index contributed by atoms with van der Waals surface area (Å²) in [5, 5.41) is 4.12. The van der Waals surface area contributed by atoms with Crippen molar-refractivity contribution in [2.24, 2.45) is 5.10 Å². The fraction of sp³-hybridized carbons (Fsp3) is 0.400. The summed E-state index contributed by atoms with van der Waals surface area (Å²) in [4.78, 5) is 16.7. The summed E-state index contributed by atoms with van der Waals surface area (Å²) in [6.45, 7) is 8.37. The SMILES string of the molecule is C/C(=N/NC(=O)CCN1CCN(c2ccccc2)CC1)c1ccc(C)o1. The van der Waals surface area contributed by atoms with Crippen molar-refractivity contribution >= 4 is 17.3 Å². The molecule has 0 atom stereocenters. The normalized spacial score (nSPS) is 15.9. The summed E-state index contributed by atoms with van der Waals surface area (Å²) in [6, 6.07) is 14.2. The fourth-order valence-electron chi connectivity index (χ4n) is 3.01. The number of aryl methyl sites for hydroxylation is 1. The molecule has 138 valence electrons. The number of piperazine rings is 1. The van der Waals surface area contributed by atoms with Crippen molar-refractivity contribution in [3.8, 4) is 0 Å². The molecule has 1 saturated heterocycles. The van der Waals surface area contributed by atoms with Gasteiger partial charge in [0.05, 0.1) is 0 Å². The first-order valence-electron chi connectivity index (χ1n) is 9.04. The number of nitrogens with one attached hydrogen (secondary N) is 1. The Morgan fingerprint density at radius 1 is 1.12 bits per heavy atom. The first-order valence-corrected chi connectivity index (χ1v) is 9.04. The molecule has 1 aromatic heterocycles. The molecule has 1 N–H and O–H groups in total. The maximum absolute atomic E-state index is 12.0. The molecule has 0 aliphatic carbocycles. The van der Waals surface area contributed by atoms with E-state index in [1.54, 1.807) is 0 Å². The number of furan rings is 1. The molecule has 0 spiro atoms. The van der Waals surface area contributed by atoms with Crippen LogP contribution in [0.2, 0.25) is 0 Å². The van der Waals surface area contributed by atoms with Crippen LogP contribution in [0.5, 0.6) is 0 Å². The number of hydrogen-bond donors (Lipinski definition) is 1. The van der Waals surface area contributed by atoms with Crippen molar-refractivity contribution < 1.29 is 9.21 Å². The summed E-state index contributed by atoms with van der Waals surface area (Å²) in [6.07, 6.45) is 0.444. The average molecular weight is 354 g/mol. The molecule has 6 nitrogen and oxygen atoms in total. The van der Waals surface area contributed by atoms with Crippen molar-refractivity contribution in [3.63, 3.8) is 0 Å². The molecule has 1 aliphatic heterocycles. The molecule has 0 saturated carbocycles. The number of amides is 1. The van der Waals surface area contributed by atoms with Crippen LogP contribution in [0.3, 0.4) is 0 Å². The number of hydrazone groups is 1. The summed E-state index contributed by atoms with van der Waals surface area (Å²) in [7, 11) is 0. The van der Waals surface area contributed by atoms with E-state index in [4.69, 9.17) is 4.42 Å². The van der Waals surface area contributed by atoms with Gasteiger partial charge in [-0.1, -0.05) is 18.2 Å². The number of nitrogens with zero attached hydrogens (tertiary/aromatic N) is 3. The first kappa shape index (κ1) is 18.2. The minimum atomic E-state index is -0.0712. The molecule has 1 fully saturated rings. The topological polar surface area (TPSA) is 61.1 Å². The van der Waals surface area contributed by atoms with Crippen molar-refractivity contribution in [2.75, 3.05) is 37.6 Å². The standard InChI is InChI=1S/C20H26N4O2/c1-16-8-9-19(26-16)17(2)21-22-20(25)10-11-23-12-14-24(15-13-23)18-6-4-3-5-7-18/h3-9H,10-15H2,1-2H3,(H,22,25)/b21-17-. The molecule has 1 aliphatic rings. The lowest BCUT2D eigenvalue weighted by atomic mass is 10.2. The van der Waals surface area contributed by atoms with Crippen LogP contribution in [0, 0.1) is 6.92 Å². The predicted octanol–water partition coefficient (Wildman–Crippen LogP) is 2.64. The van der Waals surface area contributed by atoms with Gasteiger partial charge >= 0.3 is 0 Å². The van der Waals surface area contributed by atoms with Gasteiger partial charge < -0.3 is 9.32 Å². The molecule has 0 bridgehead atoms. The second-order valence-corrected chi connectivity index (χ2v) is 6.56. The number of para-hydroxylation sites is 1. The average Bonchev–Trinajstić information content (AvgIpc) is 3.12. The van der Waals surface area contributed by atoms with Crippen LogP contribution in [0.25, 0.3) is 0 Å². The van der Waals surface area contributed by atoms with E-state index in [9.17, 15) is 4.79 Å². The Labute approximate surface area is 154 Å².